The molecule has 1 aromatic carbocycles. The second-order valence-electron chi connectivity index (χ2n) is 3.11. The van der Waals surface area contributed by atoms with Gasteiger partial charge in [0.2, 0.25) is 5.92 Å². The molecule has 0 aliphatic heterocycles. The van der Waals surface area contributed by atoms with Crippen LogP contribution in [-0.2, 0) is 6.42 Å². The zero-order valence-corrected chi connectivity index (χ0v) is 7.26. The lowest BCUT2D eigenvalue weighted by Crippen LogP contribution is -2.13. The van der Waals surface area contributed by atoms with Gasteiger partial charge < -0.3 is 0 Å². The summed E-state index contributed by atoms with van der Waals surface area (Å²) in [6, 6.07) is 6.25. The Kier molecular flexibility index (Phi) is 2.76. The molecule has 0 heterocycles. The lowest BCUT2D eigenvalue weighted by atomic mass is 10.1. The number of benzene rings is 1. The Balaban J connectivity index is 2.84. The molecule has 0 aliphatic rings. The topological polar surface area (TPSA) is 17.1 Å². The maximum Gasteiger partial charge on any atom is 0.249 e. The van der Waals surface area contributed by atoms with Crippen LogP contribution >= 0.6 is 0 Å². The fourth-order valence-corrected chi connectivity index (χ4v) is 1.13. The molecule has 1 rings (SSSR count). The summed E-state index contributed by atoms with van der Waals surface area (Å²) in [5, 5.41) is 0. The molecular formula is C10H10F2O. The molecule has 0 bridgehead atoms. The highest BCUT2D eigenvalue weighted by atomic mass is 19.3. The van der Waals surface area contributed by atoms with Crippen LogP contribution in [0.2, 0.25) is 0 Å². The molecule has 0 N–H and O–H groups in total. The van der Waals surface area contributed by atoms with Gasteiger partial charge in [-0.2, -0.15) is 0 Å². The zero-order valence-electron chi connectivity index (χ0n) is 7.26. The van der Waals surface area contributed by atoms with Crippen molar-refractivity contribution in [2.75, 3.05) is 0 Å². The van der Waals surface area contributed by atoms with Crippen molar-refractivity contribution in [3.05, 3.63) is 35.4 Å². The molecule has 3 heteroatoms. The minimum atomic E-state index is -2.72. The third-order valence-corrected chi connectivity index (χ3v) is 1.60. The van der Waals surface area contributed by atoms with Gasteiger partial charge in [0.15, 0.2) is 0 Å². The first-order valence-corrected chi connectivity index (χ1v) is 3.93. The van der Waals surface area contributed by atoms with Crippen molar-refractivity contribution in [3.63, 3.8) is 0 Å². The van der Waals surface area contributed by atoms with Crippen molar-refractivity contribution in [1.29, 1.82) is 0 Å². The summed E-state index contributed by atoms with van der Waals surface area (Å²) in [6.45, 7) is 0.862. The maximum atomic E-state index is 12.6. The number of halogens is 2. The van der Waals surface area contributed by atoms with Gasteiger partial charge in [-0.3, -0.25) is 4.79 Å². The van der Waals surface area contributed by atoms with Crippen LogP contribution in [-0.4, -0.2) is 12.2 Å². The number of rotatable bonds is 3. The Morgan fingerprint density at radius 3 is 2.69 bits per heavy atom. The quantitative estimate of drug-likeness (QED) is 0.660. The van der Waals surface area contributed by atoms with E-state index < -0.39 is 5.92 Å². The van der Waals surface area contributed by atoms with Crippen LogP contribution in [0.15, 0.2) is 24.3 Å². The highest BCUT2D eigenvalue weighted by molar-refractivity contribution is 5.74. The summed E-state index contributed by atoms with van der Waals surface area (Å²) in [5.41, 5.74) is 0.916. The van der Waals surface area contributed by atoms with E-state index in [0.717, 1.165) is 6.92 Å². The zero-order chi connectivity index (χ0) is 9.90. The fraction of sp³-hybridized carbons (Fsp3) is 0.300. The Morgan fingerprint density at radius 1 is 1.46 bits per heavy atom. The molecule has 0 saturated heterocycles. The largest absolute Gasteiger partial charge is 0.298 e. The Hall–Kier alpha value is -1.25. The first-order valence-electron chi connectivity index (χ1n) is 3.93. The molecule has 0 aliphatic carbocycles. The lowest BCUT2D eigenvalue weighted by molar-refractivity contribution is 0.0226. The standard InChI is InChI=1S/C10H10F2O/c1-10(11,12)6-8-3-2-4-9(5-8)7-13/h2-5,7H,6H2,1H3. The molecule has 0 spiro atoms. The summed E-state index contributed by atoms with van der Waals surface area (Å²) in [5.74, 6) is -2.72. The van der Waals surface area contributed by atoms with Crippen LogP contribution in [0.3, 0.4) is 0 Å². The molecule has 0 amide bonds. The van der Waals surface area contributed by atoms with Crippen molar-refractivity contribution in [2.24, 2.45) is 0 Å². The average molecular weight is 184 g/mol. The van der Waals surface area contributed by atoms with E-state index in [9.17, 15) is 13.6 Å². The van der Waals surface area contributed by atoms with Crippen LogP contribution in [0.25, 0.3) is 0 Å². The average Bonchev–Trinajstić information content (AvgIpc) is 2.01. The molecule has 0 unspecified atom stereocenters. The molecule has 1 nitrogen and oxygen atoms in total. The monoisotopic (exact) mass is 184 g/mol. The number of hydrogen-bond donors (Lipinski definition) is 0. The Labute approximate surface area is 75.4 Å². The summed E-state index contributed by atoms with van der Waals surface area (Å²) in [7, 11) is 0. The number of alkyl halides is 2. The minimum Gasteiger partial charge on any atom is -0.298 e. The summed E-state index contributed by atoms with van der Waals surface area (Å²) < 4.78 is 25.1. The van der Waals surface area contributed by atoms with Crippen LogP contribution in [0.4, 0.5) is 8.78 Å². The predicted molar refractivity (Wildman–Crippen MR) is 46.2 cm³/mol. The minimum absolute atomic E-state index is 0.325. The summed E-state index contributed by atoms with van der Waals surface area (Å²) >= 11 is 0. The van der Waals surface area contributed by atoms with E-state index in [1.807, 2.05) is 0 Å². The van der Waals surface area contributed by atoms with Crippen LogP contribution in [0, 0.1) is 0 Å². The van der Waals surface area contributed by atoms with E-state index in [0.29, 0.717) is 17.4 Å². The van der Waals surface area contributed by atoms with E-state index in [-0.39, 0.29) is 6.42 Å². The molecule has 70 valence electrons. The van der Waals surface area contributed by atoms with Gasteiger partial charge in [0.25, 0.3) is 0 Å². The van der Waals surface area contributed by atoms with Crippen LogP contribution < -0.4 is 0 Å². The van der Waals surface area contributed by atoms with Gasteiger partial charge in [-0.1, -0.05) is 18.2 Å². The normalized spacial score (nSPS) is 11.3. The molecule has 0 fully saturated rings. The van der Waals surface area contributed by atoms with Crippen molar-refractivity contribution in [3.8, 4) is 0 Å². The first-order chi connectivity index (χ1) is 6.01. The molecular weight excluding hydrogens is 174 g/mol. The molecule has 13 heavy (non-hydrogen) atoms. The van der Waals surface area contributed by atoms with E-state index >= 15 is 0 Å². The third kappa shape index (κ3) is 3.32. The van der Waals surface area contributed by atoms with Gasteiger partial charge >= 0.3 is 0 Å². The van der Waals surface area contributed by atoms with Gasteiger partial charge in [0.05, 0.1) is 0 Å². The van der Waals surface area contributed by atoms with E-state index in [4.69, 9.17) is 0 Å². The van der Waals surface area contributed by atoms with Crippen molar-refractivity contribution >= 4 is 6.29 Å². The smallest absolute Gasteiger partial charge is 0.249 e. The molecule has 0 saturated carbocycles. The Morgan fingerprint density at radius 2 is 2.15 bits per heavy atom. The first kappa shape index (κ1) is 9.84. The summed E-state index contributed by atoms with van der Waals surface area (Å²) in [6.07, 6.45) is 0.325. The van der Waals surface area contributed by atoms with Gasteiger partial charge in [-0.05, 0) is 18.6 Å². The van der Waals surface area contributed by atoms with E-state index in [2.05, 4.69) is 0 Å². The number of carbonyl (C=O) groups is 1. The third-order valence-electron chi connectivity index (χ3n) is 1.60. The SMILES string of the molecule is CC(F)(F)Cc1cccc(C=O)c1. The van der Waals surface area contributed by atoms with E-state index in [1.54, 1.807) is 18.2 Å². The molecule has 0 radical (unpaired) electrons. The van der Waals surface area contributed by atoms with Crippen LogP contribution in [0.5, 0.6) is 0 Å². The second-order valence-corrected chi connectivity index (χ2v) is 3.11. The van der Waals surface area contributed by atoms with Gasteiger partial charge in [0, 0.05) is 12.0 Å². The van der Waals surface area contributed by atoms with Crippen molar-refractivity contribution in [2.45, 2.75) is 19.3 Å². The molecule has 0 aromatic heterocycles. The highest BCUT2D eigenvalue weighted by Gasteiger charge is 2.21. The maximum absolute atomic E-state index is 12.6. The highest BCUT2D eigenvalue weighted by Crippen LogP contribution is 2.19. The molecule has 0 atom stereocenters. The summed E-state index contributed by atoms with van der Waals surface area (Å²) in [4.78, 5) is 10.3. The van der Waals surface area contributed by atoms with Gasteiger partial charge in [-0.15, -0.1) is 0 Å². The number of carbonyl (C=O) groups excluding carboxylic acids is 1. The second kappa shape index (κ2) is 3.64. The molecule has 1 aromatic rings. The Bertz CT molecular complexity index is 302. The number of hydrogen-bond acceptors (Lipinski definition) is 1. The van der Waals surface area contributed by atoms with Crippen molar-refractivity contribution in [1.82, 2.24) is 0 Å². The lowest BCUT2D eigenvalue weighted by Gasteiger charge is -2.09. The van der Waals surface area contributed by atoms with Crippen LogP contribution in [0.1, 0.15) is 22.8 Å². The van der Waals surface area contributed by atoms with E-state index in [1.165, 1.54) is 6.07 Å². The van der Waals surface area contributed by atoms with Gasteiger partial charge in [0.1, 0.15) is 6.29 Å². The van der Waals surface area contributed by atoms with Gasteiger partial charge in [-0.25, -0.2) is 8.78 Å². The predicted octanol–water partition coefficient (Wildman–Crippen LogP) is 2.70. The number of aldehydes is 1. The fourth-order valence-electron chi connectivity index (χ4n) is 1.13. The van der Waals surface area contributed by atoms with Crippen molar-refractivity contribution < 1.29 is 13.6 Å².